The lowest BCUT2D eigenvalue weighted by molar-refractivity contribution is 0.669. The molecule has 0 saturated carbocycles. The maximum atomic E-state index is 6.31. The summed E-state index contributed by atoms with van der Waals surface area (Å²) in [6, 6.07) is 73.0. The Kier molecular flexibility index (Phi) is 7.47. The monoisotopic (exact) mass is 712 g/mol. The van der Waals surface area contributed by atoms with E-state index in [0.717, 1.165) is 27.5 Å². The maximum Gasteiger partial charge on any atom is 0.135 e. The van der Waals surface area contributed by atoms with Gasteiger partial charge in [-0.05, 0) is 119 Å². The molecule has 262 valence electrons. The molecule has 0 spiro atoms. The predicted octanol–water partition coefficient (Wildman–Crippen LogP) is 15.7. The Morgan fingerprint density at radius 1 is 0.286 bits per heavy atom. The molecule has 0 aliphatic heterocycles. The highest BCUT2D eigenvalue weighted by molar-refractivity contribution is 6.24. The third-order valence-corrected chi connectivity index (χ3v) is 11.6. The van der Waals surface area contributed by atoms with Gasteiger partial charge in [0.2, 0.25) is 0 Å². The van der Waals surface area contributed by atoms with Gasteiger partial charge in [0.05, 0.1) is 0 Å². The van der Waals surface area contributed by atoms with Crippen molar-refractivity contribution in [1.29, 1.82) is 0 Å². The van der Waals surface area contributed by atoms with Crippen LogP contribution in [0.25, 0.3) is 110 Å². The Morgan fingerprint density at radius 2 is 0.839 bits per heavy atom. The number of furan rings is 1. The first kappa shape index (κ1) is 32.2. The van der Waals surface area contributed by atoms with E-state index in [9.17, 15) is 0 Å². The van der Waals surface area contributed by atoms with E-state index in [-0.39, 0.29) is 0 Å². The van der Waals surface area contributed by atoms with Crippen LogP contribution in [0.1, 0.15) is 5.56 Å². The third-order valence-electron chi connectivity index (χ3n) is 11.6. The van der Waals surface area contributed by atoms with E-state index in [2.05, 4.69) is 201 Å². The van der Waals surface area contributed by atoms with Crippen molar-refractivity contribution in [3.05, 3.63) is 206 Å². The summed E-state index contributed by atoms with van der Waals surface area (Å²) in [5.74, 6) is 0. The molecule has 11 aromatic rings. The fourth-order valence-corrected chi connectivity index (χ4v) is 9.11. The van der Waals surface area contributed by atoms with Gasteiger partial charge in [-0.25, -0.2) is 0 Å². The smallest absolute Gasteiger partial charge is 0.135 e. The minimum atomic E-state index is 0.899. The molecular weight excluding hydrogens is 677 g/mol. The highest BCUT2D eigenvalue weighted by atomic mass is 16.3. The third kappa shape index (κ3) is 5.09. The number of para-hydroxylation sites is 1. The lowest BCUT2D eigenvalue weighted by Gasteiger charge is -2.23. The predicted molar refractivity (Wildman–Crippen MR) is 238 cm³/mol. The molecule has 1 nitrogen and oxygen atoms in total. The summed E-state index contributed by atoms with van der Waals surface area (Å²) in [7, 11) is 0. The maximum absolute atomic E-state index is 6.31. The van der Waals surface area contributed by atoms with Crippen molar-refractivity contribution in [3.63, 3.8) is 0 Å². The van der Waals surface area contributed by atoms with Gasteiger partial charge in [-0.2, -0.15) is 0 Å². The Morgan fingerprint density at radius 3 is 1.59 bits per heavy atom. The summed E-state index contributed by atoms with van der Waals surface area (Å²) >= 11 is 0. The summed E-state index contributed by atoms with van der Waals surface area (Å²) in [4.78, 5) is 0. The second-order valence-corrected chi connectivity index (χ2v) is 14.8. The van der Waals surface area contributed by atoms with Gasteiger partial charge >= 0.3 is 0 Å². The Labute approximate surface area is 325 Å². The molecule has 1 heteroatoms. The minimum Gasteiger partial charge on any atom is -0.456 e. The first-order chi connectivity index (χ1) is 27.7. The van der Waals surface area contributed by atoms with Crippen molar-refractivity contribution in [1.82, 2.24) is 0 Å². The molecule has 1 aromatic heterocycles. The van der Waals surface area contributed by atoms with Gasteiger partial charge in [-0.3, -0.25) is 0 Å². The fourth-order valence-electron chi connectivity index (χ4n) is 9.11. The van der Waals surface area contributed by atoms with Crippen molar-refractivity contribution in [2.75, 3.05) is 0 Å². The molecule has 11 rings (SSSR count). The number of fused-ring (bicyclic) bond motifs is 6. The number of hydrogen-bond donors (Lipinski definition) is 0. The summed E-state index contributed by atoms with van der Waals surface area (Å²) in [5, 5.41) is 9.66. The molecule has 0 N–H and O–H groups in total. The first-order valence-electron chi connectivity index (χ1n) is 19.3. The van der Waals surface area contributed by atoms with Crippen LogP contribution in [0, 0.1) is 6.92 Å². The summed E-state index contributed by atoms with van der Waals surface area (Å²) in [6.07, 6.45) is 0. The lowest BCUT2D eigenvalue weighted by Crippen LogP contribution is -1.96. The average Bonchev–Trinajstić information content (AvgIpc) is 3.63. The molecule has 0 atom stereocenters. The largest absolute Gasteiger partial charge is 0.456 e. The van der Waals surface area contributed by atoms with Crippen molar-refractivity contribution < 1.29 is 4.42 Å². The van der Waals surface area contributed by atoms with E-state index < -0.39 is 0 Å². The lowest BCUT2D eigenvalue weighted by atomic mass is 9.80. The molecule has 10 aromatic carbocycles. The Balaban J connectivity index is 1.25. The average molecular weight is 713 g/mol. The molecule has 0 aliphatic rings. The van der Waals surface area contributed by atoms with E-state index in [0.29, 0.717) is 0 Å². The summed E-state index contributed by atoms with van der Waals surface area (Å²) in [5.41, 5.74) is 15.3. The van der Waals surface area contributed by atoms with Gasteiger partial charge in [0.15, 0.2) is 0 Å². The van der Waals surface area contributed by atoms with Gasteiger partial charge in [0.25, 0.3) is 0 Å². The Hall–Kier alpha value is -7.22. The number of benzene rings is 10. The second-order valence-electron chi connectivity index (χ2n) is 14.8. The normalized spacial score (nSPS) is 11.7. The molecular formula is C55H36O. The molecule has 1 heterocycles. The molecule has 0 fully saturated rings. The van der Waals surface area contributed by atoms with Crippen molar-refractivity contribution in [2.24, 2.45) is 0 Å². The Bertz CT molecular complexity index is 3250. The standard InChI is InChI=1S/C55H36O/c1-35-33-39(29-31-40(35)36-15-3-2-4-16-36)53-46-21-7-9-23-48(46)55(49-24-10-8-22-47(49)53)54-42(38-30-32-52-50(34-38)44-20-11-12-28-51(44)56-52)25-14-27-45(54)43-26-13-18-37-17-5-6-19-41(37)43/h2-34H,1H3. The van der Waals surface area contributed by atoms with E-state index in [1.807, 2.05) is 6.07 Å². The van der Waals surface area contributed by atoms with Crippen molar-refractivity contribution in [2.45, 2.75) is 6.92 Å². The molecule has 0 bridgehead atoms. The molecule has 56 heavy (non-hydrogen) atoms. The zero-order chi connectivity index (χ0) is 37.2. The topological polar surface area (TPSA) is 13.1 Å². The molecule has 0 unspecified atom stereocenters. The van der Waals surface area contributed by atoms with E-state index >= 15 is 0 Å². The second kappa shape index (κ2) is 13.0. The van der Waals surface area contributed by atoms with Gasteiger partial charge in [-0.1, -0.05) is 182 Å². The van der Waals surface area contributed by atoms with Crippen molar-refractivity contribution in [3.8, 4) is 55.6 Å². The van der Waals surface area contributed by atoms with Gasteiger partial charge in [-0.15, -0.1) is 0 Å². The SMILES string of the molecule is Cc1cc(-c2c3ccccc3c(-c3c(-c4ccc5oc6ccccc6c5c4)cccc3-c3cccc4ccccc34)c3ccccc23)ccc1-c1ccccc1. The zero-order valence-electron chi connectivity index (χ0n) is 31.0. The summed E-state index contributed by atoms with van der Waals surface area (Å²) in [6.45, 7) is 2.23. The highest BCUT2D eigenvalue weighted by Crippen LogP contribution is 2.50. The van der Waals surface area contributed by atoms with E-state index in [4.69, 9.17) is 4.42 Å². The minimum absolute atomic E-state index is 0.899. The van der Waals surface area contributed by atoms with Crippen LogP contribution in [0.3, 0.4) is 0 Å². The van der Waals surface area contributed by atoms with E-state index in [1.54, 1.807) is 0 Å². The van der Waals surface area contributed by atoms with Crippen molar-refractivity contribution >= 4 is 54.3 Å². The van der Waals surface area contributed by atoms with Crippen LogP contribution in [-0.2, 0) is 0 Å². The number of aryl methyl sites for hydroxylation is 1. The first-order valence-corrected chi connectivity index (χ1v) is 19.3. The number of rotatable bonds is 5. The highest BCUT2D eigenvalue weighted by Gasteiger charge is 2.23. The van der Waals surface area contributed by atoms with Crippen LogP contribution >= 0.6 is 0 Å². The van der Waals surface area contributed by atoms with Gasteiger partial charge in [0, 0.05) is 10.8 Å². The summed E-state index contributed by atoms with van der Waals surface area (Å²) < 4.78 is 6.31. The molecule has 0 amide bonds. The molecule has 0 aliphatic carbocycles. The zero-order valence-corrected chi connectivity index (χ0v) is 31.0. The van der Waals surface area contributed by atoms with Gasteiger partial charge in [0.1, 0.15) is 11.2 Å². The van der Waals surface area contributed by atoms with Crippen LogP contribution < -0.4 is 0 Å². The van der Waals surface area contributed by atoms with Crippen LogP contribution in [0.15, 0.2) is 205 Å². The fraction of sp³-hybridized carbons (Fsp3) is 0.0182. The van der Waals surface area contributed by atoms with Crippen LogP contribution in [0.2, 0.25) is 0 Å². The molecule has 0 radical (unpaired) electrons. The van der Waals surface area contributed by atoms with Gasteiger partial charge < -0.3 is 4.42 Å². The van der Waals surface area contributed by atoms with Crippen LogP contribution in [-0.4, -0.2) is 0 Å². The number of hydrogen-bond acceptors (Lipinski definition) is 1. The molecule has 0 saturated heterocycles. The quantitative estimate of drug-likeness (QED) is 0.162. The van der Waals surface area contributed by atoms with Crippen LogP contribution in [0.5, 0.6) is 0 Å². The van der Waals surface area contributed by atoms with E-state index in [1.165, 1.54) is 88.0 Å². The van der Waals surface area contributed by atoms with Crippen LogP contribution in [0.4, 0.5) is 0 Å².